The van der Waals surface area contributed by atoms with E-state index in [1.54, 1.807) is 6.07 Å². The van der Waals surface area contributed by atoms with Gasteiger partial charge in [0.25, 0.3) is 0 Å². The molecule has 4 nitrogen and oxygen atoms in total. The molecule has 0 aliphatic rings. The Balaban J connectivity index is 1.80. The lowest BCUT2D eigenvalue weighted by Gasteiger charge is -2.10. The van der Waals surface area contributed by atoms with Crippen molar-refractivity contribution in [2.24, 2.45) is 5.73 Å². The molecule has 1 unspecified atom stereocenters. The summed E-state index contributed by atoms with van der Waals surface area (Å²) in [6, 6.07) is 13.9. The van der Waals surface area contributed by atoms with Gasteiger partial charge >= 0.3 is 0 Å². The van der Waals surface area contributed by atoms with Crippen molar-refractivity contribution in [2.45, 2.75) is 6.04 Å². The summed E-state index contributed by atoms with van der Waals surface area (Å²) in [5, 5.41) is 3.91. The fourth-order valence-electron chi connectivity index (χ4n) is 1.95. The topological polar surface area (TPSA) is 68.0 Å². The van der Waals surface area contributed by atoms with Gasteiger partial charge in [0.2, 0.25) is 5.91 Å². The number of hydrogen-bond acceptors (Lipinski definition) is 4. The molecule has 1 amide bonds. The minimum absolute atomic E-state index is 0.286. The number of fused-ring (bicyclic) bond motifs is 1. The molecule has 2 aromatic carbocycles. The number of nitrogens with zero attached hydrogens (tertiary/aromatic N) is 1. The van der Waals surface area contributed by atoms with Crippen LogP contribution in [0.5, 0.6) is 0 Å². The van der Waals surface area contributed by atoms with E-state index in [0.29, 0.717) is 10.2 Å². The van der Waals surface area contributed by atoms with Crippen molar-refractivity contribution in [2.75, 3.05) is 5.32 Å². The maximum Gasteiger partial charge on any atom is 0.247 e. The van der Waals surface area contributed by atoms with Crippen LogP contribution in [0.1, 0.15) is 11.6 Å². The maximum atomic E-state index is 12.2. The molecule has 0 saturated heterocycles. The number of anilines is 1. The molecular weight excluding hydrogens is 306 g/mol. The molecule has 1 atom stereocenters. The van der Waals surface area contributed by atoms with E-state index in [4.69, 9.17) is 17.3 Å². The Morgan fingerprint density at radius 2 is 2.00 bits per heavy atom. The van der Waals surface area contributed by atoms with Crippen molar-refractivity contribution >= 4 is 44.2 Å². The molecular formula is C15H12ClN3OS. The molecule has 0 aliphatic carbocycles. The van der Waals surface area contributed by atoms with Gasteiger partial charge in [-0.05, 0) is 23.8 Å². The molecule has 1 aromatic heterocycles. The summed E-state index contributed by atoms with van der Waals surface area (Å²) in [5.74, 6) is -0.286. The van der Waals surface area contributed by atoms with Crippen LogP contribution in [0, 0.1) is 0 Å². The van der Waals surface area contributed by atoms with Gasteiger partial charge in [0.05, 0.1) is 10.2 Å². The molecule has 0 bridgehead atoms. The summed E-state index contributed by atoms with van der Waals surface area (Å²) in [6.45, 7) is 0. The maximum absolute atomic E-state index is 12.2. The summed E-state index contributed by atoms with van der Waals surface area (Å²) in [4.78, 5) is 16.5. The minimum atomic E-state index is -0.721. The highest BCUT2D eigenvalue weighted by atomic mass is 35.5. The predicted octanol–water partition coefficient (Wildman–Crippen LogP) is 3.59. The third-order valence-corrected chi connectivity index (χ3v) is 4.19. The largest absolute Gasteiger partial charge is 0.316 e. The van der Waals surface area contributed by atoms with Gasteiger partial charge in [-0.25, -0.2) is 4.98 Å². The highest BCUT2D eigenvalue weighted by molar-refractivity contribution is 7.22. The van der Waals surface area contributed by atoms with Gasteiger partial charge in [0.15, 0.2) is 5.13 Å². The van der Waals surface area contributed by atoms with E-state index >= 15 is 0 Å². The number of amides is 1. The lowest BCUT2D eigenvalue weighted by molar-refractivity contribution is -0.117. The molecule has 0 fully saturated rings. The van der Waals surface area contributed by atoms with Gasteiger partial charge in [-0.15, -0.1) is 0 Å². The minimum Gasteiger partial charge on any atom is -0.316 e. The normalized spacial score (nSPS) is 12.3. The second kappa shape index (κ2) is 5.81. The SMILES string of the molecule is NC(C(=O)Nc1nc2ccc(Cl)cc2s1)c1ccccc1. The fraction of sp³-hybridized carbons (Fsp3) is 0.0667. The molecule has 0 spiro atoms. The Bertz CT molecular complexity index is 788. The van der Waals surface area contributed by atoms with E-state index in [0.717, 1.165) is 15.8 Å². The van der Waals surface area contributed by atoms with Crippen molar-refractivity contribution in [3.8, 4) is 0 Å². The zero-order chi connectivity index (χ0) is 14.8. The van der Waals surface area contributed by atoms with E-state index in [9.17, 15) is 4.79 Å². The highest BCUT2D eigenvalue weighted by Gasteiger charge is 2.17. The second-order valence-corrected chi connectivity index (χ2v) is 5.98. The summed E-state index contributed by atoms with van der Waals surface area (Å²) < 4.78 is 0.922. The summed E-state index contributed by atoms with van der Waals surface area (Å²) in [6.07, 6.45) is 0. The first-order chi connectivity index (χ1) is 10.1. The van der Waals surface area contributed by atoms with Crippen molar-refractivity contribution in [1.82, 2.24) is 4.98 Å². The molecule has 106 valence electrons. The highest BCUT2D eigenvalue weighted by Crippen LogP contribution is 2.28. The Kier molecular flexibility index (Phi) is 3.88. The van der Waals surface area contributed by atoms with Crippen LogP contribution >= 0.6 is 22.9 Å². The standard InChI is InChI=1S/C15H12ClN3OS/c16-10-6-7-11-12(8-10)21-15(18-11)19-14(20)13(17)9-4-2-1-3-5-9/h1-8,13H,17H2,(H,18,19,20). The van der Waals surface area contributed by atoms with Gasteiger partial charge in [-0.3, -0.25) is 4.79 Å². The summed E-state index contributed by atoms with van der Waals surface area (Å²) in [7, 11) is 0. The first kappa shape index (κ1) is 14.0. The molecule has 21 heavy (non-hydrogen) atoms. The van der Waals surface area contributed by atoms with E-state index in [1.165, 1.54) is 11.3 Å². The van der Waals surface area contributed by atoms with Crippen LogP contribution in [-0.4, -0.2) is 10.9 Å². The lowest BCUT2D eigenvalue weighted by Crippen LogP contribution is -2.27. The number of benzene rings is 2. The van der Waals surface area contributed by atoms with Crippen molar-refractivity contribution in [3.05, 3.63) is 59.1 Å². The quantitative estimate of drug-likeness (QED) is 0.775. The van der Waals surface area contributed by atoms with E-state index < -0.39 is 6.04 Å². The van der Waals surface area contributed by atoms with Gasteiger partial charge in [-0.2, -0.15) is 0 Å². The number of halogens is 1. The van der Waals surface area contributed by atoms with E-state index in [2.05, 4.69) is 10.3 Å². The Hall–Kier alpha value is -1.95. The number of nitrogens with two attached hydrogens (primary N) is 1. The van der Waals surface area contributed by atoms with Crippen LogP contribution in [0.4, 0.5) is 5.13 Å². The number of nitrogens with one attached hydrogen (secondary N) is 1. The summed E-state index contributed by atoms with van der Waals surface area (Å²) >= 11 is 7.31. The van der Waals surface area contributed by atoms with Crippen LogP contribution in [0.25, 0.3) is 10.2 Å². The number of carbonyl (C=O) groups is 1. The molecule has 1 heterocycles. The number of hydrogen-bond donors (Lipinski definition) is 2. The van der Waals surface area contributed by atoms with Crippen LogP contribution in [0.3, 0.4) is 0 Å². The second-order valence-electron chi connectivity index (χ2n) is 4.51. The van der Waals surface area contributed by atoms with Gasteiger partial charge in [0.1, 0.15) is 6.04 Å². The Morgan fingerprint density at radius 1 is 1.24 bits per heavy atom. The third kappa shape index (κ3) is 3.05. The van der Waals surface area contributed by atoms with Gasteiger partial charge in [0, 0.05) is 5.02 Å². The zero-order valence-electron chi connectivity index (χ0n) is 10.9. The number of carbonyl (C=O) groups excluding carboxylic acids is 1. The van der Waals surface area contributed by atoms with Crippen LogP contribution in [0.2, 0.25) is 5.02 Å². The summed E-state index contributed by atoms with van der Waals surface area (Å²) in [5.41, 5.74) is 7.51. The number of aromatic nitrogens is 1. The monoisotopic (exact) mass is 317 g/mol. The first-order valence-corrected chi connectivity index (χ1v) is 7.50. The predicted molar refractivity (Wildman–Crippen MR) is 86.6 cm³/mol. The molecule has 6 heteroatoms. The van der Waals surface area contributed by atoms with Gasteiger partial charge in [-0.1, -0.05) is 53.3 Å². The van der Waals surface area contributed by atoms with Crippen molar-refractivity contribution in [3.63, 3.8) is 0 Å². The number of rotatable bonds is 3. The molecule has 3 N–H and O–H groups in total. The average Bonchev–Trinajstić information content (AvgIpc) is 2.88. The fourth-order valence-corrected chi connectivity index (χ4v) is 3.09. The van der Waals surface area contributed by atoms with Crippen LogP contribution in [-0.2, 0) is 4.79 Å². The lowest BCUT2D eigenvalue weighted by atomic mass is 10.1. The van der Waals surface area contributed by atoms with E-state index in [-0.39, 0.29) is 5.91 Å². The third-order valence-electron chi connectivity index (χ3n) is 3.02. The average molecular weight is 318 g/mol. The Morgan fingerprint density at radius 3 is 2.76 bits per heavy atom. The van der Waals surface area contributed by atoms with Gasteiger partial charge < -0.3 is 11.1 Å². The van der Waals surface area contributed by atoms with Crippen LogP contribution < -0.4 is 11.1 Å². The molecule has 0 radical (unpaired) electrons. The zero-order valence-corrected chi connectivity index (χ0v) is 12.5. The first-order valence-electron chi connectivity index (χ1n) is 6.31. The van der Waals surface area contributed by atoms with Crippen molar-refractivity contribution < 1.29 is 4.79 Å². The van der Waals surface area contributed by atoms with Crippen LogP contribution in [0.15, 0.2) is 48.5 Å². The molecule has 0 saturated carbocycles. The smallest absolute Gasteiger partial charge is 0.247 e. The molecule has 3 aromatic rings. The number of thiazole rings is 1. The molecule has 3 rings (SSSR count). The van der Waals surface area contributed by atoms with E-state index in [1.807, 2.05) is 42.5 Å². The van der Waals surface area contributed by atoms with Crippen molar-refractivity contribution in [1.29, 1.82) is 0 Å². The molecule has 0 aliphatic heterocycles. The Labute approximate surface area is 130 Å².